The summed E-state index contributed by atoms with van der Waals surface area (Å²) in [5, 5.41) is 13.3. The normalized spacial score (nSPS) is 12.1. The fourth-order valence-corrected chi connectivity index (χ4v) is 0.922. The fourth-order valence-electron chi connectivity index (χ4n) is 0.922. The van der Waals surface area contributed by atoms with E-state index in [2.05, 4.69) is 10.6 Å². The van der Waals surface area contributed by atoms with Gasteiger partial charge in [0.1, 0.15) is 6.04 Å². The highest BCUT2D eigenvalue weighted by Crippen LogP contribution is 1.90. The molecule has 7 heteroatoms. The van der Waals surface area contributed by atoms with Crippen molar-refractivity contribution in [1.82, 2.24) is 10.6 Å². The molecule has 0 aromatic carbocycles. The van der Waals surface area contributed by atoms with Gasteiger partial charge in [0.05, 0.1) is 0 Å². The van der Waals surface area contributed by atoms with E-state index in [1.54, 1.807) is 6.08 Å². The first kappa shape index (κ1) is 13.9. The Morgan fingerprint density at radius 3 is 2.50 bits per heavy atom. The maximum atomic E-state index is 10.7. The number of carboxylic acids is 1. The van der Waals surface area contributed by atoms with E-state index in [0.29, 0.717) is 13.0 Å². The van der Waals surface area contributed by atoms with E-state index in [1.807, 2.05) is 0 Å². The summed E-state index contributed by atoms with van der Waals surface area (Å²) in [5.74, 6) is -1.57. The van der Waals surface area contributed by atoms with Crippen LogP contribution in [0.5, 0.6) is 0 Å². The van der Waals surface area contributed by atoms with Gasteiger partial charge < -0.3 is 21.5 Å². The SMILES string of the molecule is CC(=O)NC(/C=C/CCNC(N)=O)C(=O)O. The summed E-state index contributed by atoms with van der Waals surface area (Å²) in [6.07, 6.45) is 3.32. The molecule has 3 amide bonds. The highest BCUT2D eigenvalue weighted by atomic mass is 16.4. The van der Waals surface area contributed by atoms with Crippen LogP contribution in [0.1, 0.15) is 13.3 Å². The Morgan fingerprint density at radius 1 is 1.44 bits per heavy atom. The Morgan fingerprint density at radius 2 is 2.06 bits per heavy atom. The molecule has 7 nitrogen and oxygen atoms in total. The van der Waals surface area contributed by atoms with Crippen molar-refractivity contribution in [3.8, 4) is 0 Å². The summed E-state index contributed by atoms with van der Waals surface area (Å²) in [6.45, 7) is 1.55. The van der Waals surface area contributed by atoms with Crippen LogP contribution in [0.2, 0.25) is 0 Å². The molecule has 0 bridgehead atoms. The molecule has 16 heavy (non-hydrogen) atoms. The molecule has 1 atom stereocenters. The molecule has 0 saturated carbocycles. The van der Waals surface area contributed by atoms with E-state index in [0.717, 1.165) is 0 Å². The van der Waals surface area contributed by atoms with Crippen molar-refractivity contribution in [3.63, 3.8) is 0 Å². The number of primary amides is 1. The summed E-state index contributed by atoms with van der Waals surface area (Å²) >= 11 is 0. The lowest BCUT2D eigenvalue weighted by Crippen LogP contribution is -2.37. The van der Waals surface area contributed by atoms with Crippen molar-refractivity contribution in [2.75, 3.05) is 6.54 Å². The number of nitrogens with one attached hydrogen (secondary N) is 2. The molecule has 90 valence electrons. The Labute approximate surface area is 92.7 Å². The first-order chi connectivity index (χ1) is 7.43. The smallest absolute Gasteiger partial charge is 0.330 e. The molecule has 0 heterocycles. The van der Waals surface area contributed by atoms with Gasteiger partial charge in [0.25, 0.3) is 0 Å². The second kappa shape index (κ2) is 7.27. The minimum Gasteiger partial charge on any atom is -0.479 e. The van der Waals surface area contributed by atoms with Crippen LogP contribution in [0, 0.1) is 0 Å². The van der Waals surface area contributed by atoms with Crippen molar-refractivity contribution in [1.29, 1.82) is 0 Å². The summed E-state index contributed by atoms with van der Waals surface area (Å²) in [5.41, 5.74) is 4.82. The fraction of sp³-hybridized carbons (Fsp3) is 0.444. The van der Waals surface area contributed by atoms with E-state index in [4.69, 9.17) is 10.8 Å². The molecule has 0 rings (SSSR count). The molecule has 0 aliphatic heterocycles. The van der Waals surface area contributed by atoms with Crippen LogP contribution in [0.25, 0.3) is 0 Å². The van der Waals surface area contributed by atoms with Crippen LogP contribution in [0.15, 0.2) is 12.2 Å². The molecule has 0 aliphatic rings. The number of amides is 3. The zero-order chi connectivity index (χ0) is 12.6. The van der Waals surface area contributed by atoms with Crippen molar-refractivity contribution in [2.24, 2.45) is 5.73 Å². The third-order valence-electron chi connectivity index (χ3n) is 1.56. The van der Waals surface area contributed by atoms with Crippen LogP contribution in [0.4, 0.5) is 4.79 Å². The van der Waals surface area contributed by atoms with Crippen molar-refractivity contribution >= 4 is 17.9 Å². The van der Waals surface area contributed by atoms with Gasteiger partial charge >= 0.3 is 12.0 Å². The number of rotatable bonds is 6. The third-order valence-corrected chi connectivity index (χ3v) is 1.56. The zero-order valence-electron chi connectivity index (χ0n) is 8.90. The topological polar surface area (TPSA) is 122 Å². The van der Waals surface area contributed by atoms with Crippen LogP contribution >= 0.6 is 0 Å². The maximum absolute atomic E-state index is 10.7. The number of hydrogen-bond acceptors (Lipinski definition) is 3. The minimum atomic E-state index is -1.14. The molecular weight excluding hydrogens is 214 g/mol. The number of urea groups is 1. The Bertz CT molecular complexity index is 301. The lowest BCUT2D eigenvalue weighted by Gasteiger charge is -2.07. The average molecular weight is 229 g/mol. The average Bonchev–Trinajstić information content (AvgIpc) is 2.14. The van der Waals surface area contributed by atoms with Gasteiger partial charge in [0.15, 0.2) is 0 Å². The zero-order valence-corrected chi connectivity index (χ0v) is 8.90. The molecule has 0 aromatic heterocycles. The number of hydrogen-bond donors (Lipinski definition) is 4. The summed E-state index contributed by atoms with van der Waals surface area (Å²) < 4.78 is 0. The van der Waals surface area contributed by atoms with Gasteiger partial charge in [-0.3, -0.25) is 4.79 Å². The highest BCUT2D eigenvalue weighted by Gasteiger charge is 2.13. The van der Waals surface area contributed by atoms with Crippen molar-refractivity contribution in [2.45, 2.75) is 19.4 Å². The Kier molecular flexibility index (Phi) is 6.34. The lowest BCUT2D eigenvalue weighted by atomic mass is 10.2. The van der Waals surface area contributed by atoms with E-state index in [1.165, 1.54) is 13.0 Å². The number of carbonyl (C=O) groups excluding carboxylic acids is 2. The molecule has 0 saturated heterocycles. The molecule has 0 radical (unpaired) electrons. The Balaban J connectivity index is 3.99. The molecule has 0 fully saturated rings. The summed E-state index contributed by atoms with van der Waals surface area (Å²) in [4.78, 5) is 31.6. The first-order valence-corrected chi connectivity index (χ1v) is 4.63. The molecule has 0 aromatic rings. The molecule has 0 spiro atoms. The van der Waals surface area contributed by atoms with Crippen LogP contribution in [-0.4, -0.2) is 35.6 Å². The van der Waals surface area contributed by atoms with E-state index < -0.39 is 23.9 Å². The second-order valence-electron chi connectivity index (χ2n) is 3.02. The lowest BCUT2D eigenvalue weighted by molar-refractivity contribution is -0.140. The summed E-state index contributed by atoms with van der Waals surface area (Å²) in [7, 11) is 0. The van der Waals surface area contributed by atoms with Crippen LogP contribution in [-0.2, 0) is 9.59 Å². The molecule has 5 N–H and O–H groups in total. The predicted octanol–water partition coefficient (Wildman–Crippen LogP) is -0.810. The van der Waals surface area contributed by atoms with Gasteiger partial charge in [-0.25, -0.2) is 9.59 Å². The minimum absolute atomic E-state index is 0.318. The van der Waals surface area contributed by atoms with Gasteiger partial charge in [-0.1, -0.05) is 12.2 Å². The number of carbonyl (C=O) groups is 3. The number of nitrogens with two attached hydrogens (primary N) is 1. The third kappa shape index (κ3) is 7.36. The van der Waals surface area contributed by atoms with E-state index in [9.17, 15) is 14.4 Å². The van der Waals surface area contributed by atoms with Gasteiger partial charge in [0, 0.05) is 13.5 Å². The standard InChI is InChI=1S/C9H15N3O4/c1-6(13)12-7(8(14)15)4-2-3-5-11-9(10)16/h2,4,7H,3,5H2,1H3,(H,12,13)(H,14,15)(H3,10,11,16)/b4-2+. The molecular formula is C9H15N3O4. The predicted molar refractivity (Wildman–Crippen MR) is 56.6 cm³/mol. The highest BCUT2D eigenvalue weighted by molar-refractivity contribution is 5.83. The van der Waals surface area contributed by atoms with Crippen LogP contribution in [0.3, 0.4) is 0 Å². The summed E-state index contributed by atoms with van der Waals surface area (Å²) in [6, 6.07) is -1.68. The second-order valence-corrected chi connectivity index (χ2v) is 3.02. The molecule has 0 aliphatic carbocycles. The Hall–Kier alpha value is -2.05. The van der Waals surface area contributed by atoms with Gasteiger partial charge in [-0.05, 0) is 6.42 Å². The number of carboxylic acid groups (broad SMARTS) is 1. The van der Waals surface area contributed by atoms with Crippen LogP contribution < -0.4 is 16.4 Å². The molecule has 1 unspecified atom stereocenters. The maximum Gasteiger partial charge on any atom is 0.330 e. The first-order valence-electron chi connectivity index (χ1n) is 4.63. The van der Waals surface area contributed by atoms with Gasteiger partial charge in [-0.15, -0.1) is 0 Å². The monoisotopic (exact) mass is 229 g/mol. The van der Waals surface area contributed by atoms with Gasteiger partial charge in [0.2, 0.25) is 5.91 Å². The van der Waals surface area contributed by atoms with Crippen molar-refractivity contribution < 1.29 is 19.5 Å². The van der Waals surface area contributed by atoms with E-state index >= 15 is 0 Å². The quantitative estimate of drug-likeness (QED) is 0.351. The number of aliphatic carboxylic acids is 1. The largest absolute Gasteiger partial charge is 0.479 e. The van der Waals surface area contributed by atoms with Gasteiger partial charge in [-0.2, -0.15) is 0 Å². The van der Waals surface area contributed by atoms with Crippen molar-refractivity contribution in [3.05, 3.63) is 12.2 Å². The van der Waals surface area contributed by atoms with E-state index in [-0.39, 0.29) is 0 Å².